The minimum Gasteiger partial charge on any atom is -0.481 e. The highest BCUT2D eigenvalue weighted by Gasteiger charge is 2.09. The second-order valence-corrected chi connectivity index (χ2v) is 5.42. The Hall–Kier alpha value is -3.94. The zero-order valence-corrected chi connectivity index (χ0v) is 14.6. The minimum absolute atomic E-state index is 0. The zero-order chi connectivity index (χ0) is 21.1. The molecule has 148 valence electrons. The number of benzene rings is 2. The minimum atomic E-state index is -1.11. The monoisotopic (exact) mass is 388 g/mol. The molecule has 0 aliphatic carbocycles. The number of rotatable bonds is 7. The third kappa shape index (κ3) is 7.52. The van der Waals surface area contributed by atoms with Crippen LogP contribution in [-0.2, 0) is 16.0 Å². The molecule has 0 atom stereocenters. The van der Waals surface area contributed by atoms with E-state index in [-0.39, 0.29) is 25.4 Å². The van der Waals surface area contributed by atoms with Gasteiger partial charge in [-0.15, -0.1) is 0 Å². The lowest BCUT2D eigenvalue weighted by Crippen LogP contribution is -2.04. The maximum Gasteiger partial charge on any atom is 0.336 e. The Bertz CT molecular complexity index is 905. The van der Waals surface area contributed by atoms with Gasteiger partial charge in [-0.2, -0.15) is 0 Å². The molecule has 0 aliphatic rings. The molecule has 8 heteroatoms. The van der Waals surface area contributed by atoms with Crippen LogP contribution in [0.25, 0.3) is 6.08 Å². The van der Waals surface area contributed by atoms with Crippen molar-refractivity contribution in [1.82, 2.24) is 0 Å². The van der Waals surface area contributed by atoms with Crippen LogP contribution in [0.2, 0.25) is 0 Å². The Balaban J connectivity index is 0.000000523. The van der Waals surface area contributed by atoms with Crippen LogP contribution in [0.15, 0.2) is 54.6 Å². The molecule has 0 saturated heterocycles. The summed E-state index contributed by atoms with van der Waals surface area (Å²) in [5.74, 6) is -4.13. The molecule has 0 radical (unpaired) electrons. The van der Waals surface area contributed by atoms with Gasteiger partial charge < -0.3 is 20.4 Å². The third-order valence-corrected chi connectivity index (χ3v) is 3.45. The zero-order valence-electron chi connectivity index (χ0n) is 14.6. The number of carbonyl (C=O) groups is 4. The summed E-state index contributed by atoms with van der Waals surface area (Å²) in [4.78, 5) is 41.9. The summed E-state index contributed by atoms with van der Waals surface area (Å²) in [6.07, 6.45) is 2.36. The molecule has 0 heterocycles. The number of hydrogen-bond acceptors (Lipinski definition) is 4. The second-order valence-electron chi connectivity index (χ2n) is 5.42. The number of aliphatic carboxylic acids is 2. The van der Waals surface area contributed by atoms with E-state index in [9.17, 15) is 19.2 Å². The SMILES string of the molecule is O=C(O)/C=C/c1ccccc1C(=O)O.O=C(O)CCc1ccccc1C(=O)O.[HH]. The Morgan fingerprint density at radius 1 is 0.786 bits per heavy atom. The summed E-state index contributed by atoms with van der Waals surface area (Å²) < 4.78 is 0. The Morgan fingerprint density at radius 3 is 1.86 bits per heavy atom. The van der Waals surface area contributed by atoms with E-state index >= 15 is 0 Å². The molecular weight excluding hydrogens is 368 g/mol. The lowest BCUT2D eigenvalue weighted by atomic mass is 10.0. The summed E-state index contributed by atoms with van der Waals surface area (Å²) in [5, 5.41) is 34.4. The highest BCUT2D eigenvalue weighted by atomic mass is 16.4. The van der Waals surface area contributed by atoms with Gasteiger partial charge in [0.05, 0.1) is 11.1 Å². The first-order chi connectivity index (χ1) is 13.2. The van der Waals surface area contributed by atoms with Crippen molar-refractivity contribution in [1.29, 1.82) is 0 Å². The van der Waals surface area contributed by atoms with Gasteiger partial charge in [-0.3, -0.25) is 4.79 Å². The molecule has 2 aromatic rings. The van der Waals surface area contributed by atoms with E-state index < -0.39 is 23.9 Å². The summed E-state index contributed by atoms with van der Waals surface area (Å²) in [7, 11) is 0. The molecule has 0 amide bonds. The molecule has 2 aromatic carbocycles. The average Bonchev–Trinajstić information content (AvgIpc) is 2.65. The van der Waals surface area contributed by atoms with Crippen molar-refractivity contribution in [3.8, 4) is 0 Å². The first kappa shape index (κ1) is 22.1. The van der Waals surface area contributed by atoms with Crippen molar-refractivity contribution in [2.45, 2.75) is 12.8 Å². The maximum atomic E-state index is 10.7. The predicted octanol–water partition coefficient (Wildman–Crippen LogP) is 3.13. The van der Waals surface area contributed by atoms with Gasteiger partial charge in [0, 0.05) is 13.9 Å². The molecule has 4 N–H and O–H groups in total. The van der Waals surface area contributed by atoms with Gasteiger partial charge in [0.1, 0.15) is 0 Å². The van der Waals surface area contributed by atoms with Gasteiger partial charge >= 0.3 is 23.9 Å². The molecule has 0 saturated carbocycles. The Morgan fingerprint density at radius 2 is 1.32 bits per heavy atom. The lowest BCUT2D eigenvalue weighted by molar-refractivity contribution is -0.137. The third-order valence-electron chi connectivity index (χ3n) is 3.45. The molecule has 0 spiro atoms. The summed E-state index contributed by atoms with van der Waals surface area (Å²) in [6.45, 7) is 0. The Kier molecular flexibility index (Phi) is 8.62. The largest absolute Gasteiger partial charge is 0.481 e. The quantitative estimate of drug-likeness (QED) is 0.529. The molecule has 0 unspecified atom stereocenters. The van der Waals surface area contributed by atoms with Crippen molar-refractivity contribution in [3.63, 3.8) is 0 Å². The van der Waals surface area contributed by atoms with Gasteiger partial charge in [0.2, 0.25) is 0 Å². The van der Waals surface area contributed by atoms with Crippen molar-refractivity contribution < 1.29 is 41.0 Å². The number of aryl methyl sites for hydroxylation is 1. The van der Waals surface area contributed by atoms with Crippen LogP contribution in [-0.4, -0.2) is 44.3 Å². The van der Waals surface area contributed by atoms with E-state index in [1.165, 1.54) is 18.2 Å². The number of carboxylic acids is 4. The first-order valence-electron chi connectivity index (χ1n) is 7.98. The standard InChI is InChI=1S/C10H10O4.C10H8O4.H2/c2*11-9(12)6-5-7-3-1-2-4-8(7)10(13)14;/h1-4H,5-6H2,(H,11,12)(H,13,14);1-6H,(H,11,12)(H,13,14);1H/b;6-5+;. The predicted molar refractivity (Wildman–Crippen MR) is 102 cm³/mol. The Labute approximate surface area is 161 Å². The smallest absolute Gasteiger partial charge is 0.336 e. The number of hydrogen-bond donors (Lipinski definition) is 4. The van der Waals surface area contributed by atoms with Gasteiger partial charge in [0.15, 0.2) is 0 Å². The van der Waals surface area contributed by atoms with Gasteiger partial charge in [-0.05, 0) is 35.8 Å². The van der Waals surface area contributed by atoms with Crippen LogP contribution in [0.4, 0.5) is 0 Å². The molecule has 0 fully saturated rings. The molecule has 0 aromatic heterocycles. The van der Waals surface area contributed by atoms with E-state index in [0.29, 0.717) is 11.1 Å². The molecule has 28 heavy (non-hydrogen) atoms. The van der Waals surface area contributed by atoms with Gasteiger partial charge in [-0.25, -0.2) is 14.4 Å². The van der Waals surface area contributed by atoms with Gasteiger partial charge in [0.25, 0.3) is 0 Å². The van der Waals surface area contributed by atoms with E-state index in [1.807, 2.05) is 0 Å². The number of aromatic carboxylic acids is 2. The fourth-order valence-corrected chi connectivity index (χ4v) is 2.19. The first-order valence-corrected chi connectivity index (χ1v) is 7.98. The molecule has 0 aliphatic heterocycles. The van der Waals surface area contributed by atoms with Crippen LogP contribution in [0.3, 0.4) is 0 Å². The lowest BCUT2D eigenvalue weighted by Gasteiger charge is -2.02. The topological polar surface area (TPSA) is 149 Å². The van der Waals surface area contributed by atoms with E-state index in [4.69, 9.17) is 20.4 Å². The van der Waals surface area contributed by atoms with E-state index in [1.54, 1.807) is 36.4 Å². The molecular formula is C20H20O8. The van der Waals surface area contributed by atoms with Crippen LogP contribution in [0.5, 0.6) is 0 Å². The van der Waals surface area contributed by atoms with Gasteiger partial charge in [-0.1, -0.05) is 36.4 Å². The van der Waals surface area contributed by atoms with E-state index in [2.05, 4.69) is 0 Å². The fourth-order valence-electron chi connectivity index (χ4n) is 2.19. The van der Waals surface area contributed by atoms with Crippen LogP contribution in [0.1, 0.15) is 39.7 Å². The van der Waals surface area contributed by atoms with Crippen LogP contribution >= 0.6 is 0 Å². The summed E-state index contributed by atoms with van der Waals surface area (Å²) >= 11 is 0. The van der Waals surface area contributed by atoms with Crippen LogP contribution in [0, 0.1) is 0 Å². The van der Waals surface area contributed by atoms with Crippen molar-refractivity contribution in [3.05, 3.63) is 76.9 Å². The van der Waals surface area contributed by atoms with Crippen LogP contribution < -0.4 is 0 Å². The molecule has 2 rings (SSSR count). The fraction of sp³-hybridized carbons (Fsp3) is 0.100. The highest BCUT2D eigenvalue weighted by Crippen LogP contribution is 2.11. The second kappa shape index (κ2) is 10.9. The molecule has 0 bridgehead atoms. The normalized spacial score (nSPS) is 10.0. The highest BCUT2D eigenvalue weighted by molar-refractivity contribution is 5.94. The number of carboxylic acid groups (broad SMARTS) is 4. The maximum absolute atomic E-state index is 10.7. The van der Waals surface area contributed by atoms with Crippen molar-refractivity contribution in [2.75, 3.05) is 0 Å². The summed E-state index contributed by atoms with van der Waals surface area (Å²) in [5.41, 5.74) is 1.20. The van der Waals surface area contributed by atoms with Crippen molar-refractivity contribution >= 4 is 30.0 Å². The van der Waals surface area contributed by atoms with Crippen molar-refractivity contribution in [2.24, 2.45) is 0 Å². The average molecular weight is 388 g/mol. The van der Waals surface area contributed by atoms with E-state index in [0.717, 1.165) is 6.08 Å². The molecule has 8 nitrogen and oxygen atoms in total. The summed E-state index contributed by atoms with van der Waals surface area (Å²) in [6, 6.07) is 12.6.